The van der Waals surface area contributed by atoms with Crippen LogP contribution in [0, 0.1) is 0 Å². The smallest absolute Gasteiger partial charge is 0.423 e. The van der Waals surface area contributed by atoms with Gasteiger partial charge in [-0.05, 0) is 33.8 Å². The van der Waals surface area contributed by atoms with Gasteiger partial charge in [0.25, 0.3) is 0 Å². The van der Waals surface area contributed by atoms with Crippen molar-refractivity contribution in [3.63, 3.8) is 0 Å². The summed E-state index contributed by atoms with van der Waals surface area (Å²) in [7, 11) is -1.62. The Hall–Kier alpha value is -1.12. The first kappa shape index (κ1) is 16.9. The summed E-state index contributed by atoms with van der Waals surface area (Å²) >= 11 is 0. The molecule has 0 aliphatic rings. The molecule has 0 fully saturated rings. The fraction of sp³-hybridized carbons (Fsp3) is 0.583. The molecule has 0 radical (unpaired) electrons. The minimum atomic E-state index is -4.55. The summed E-state index contributed by atoms with van der Waals surface area (Å²) in [6.45, 7) is 6.00. The Morgan fingerprint density at radius 2 is 1.70 bits per heavy atom. The molecule has 0 unspecified atom stereocenters. The van der Waals surface area contributed by atoms with Crippen LogP contribution in [0.2, 0.25) is 0 Å². The van der Waals surface area contributed by atoms with Crippen molar-refractivity contribution < 1.29 is 28.0 Å². The van der Waals surface area contributed by atoms with Crippen LogP contribution in [0.25, 0.3) is 0 Å². The molecule has 2 N–H and O–H groups in total. The summed E-state index contributed by atoms with van der Waals surface area (Å²) < 4.78 is 42.9. The molecule has 20 heavy (non-hydrogen) atoms. The Morgan fingerprint density at radius 1 is 1.15 bits per heavy atom. The van der Waals surface area contributed by atoms with Gasteiger partial charge in [0, 0.05) is 17.9 Å². The van der Waals surface area contributed by atoms with Crippen LogP contribution in [0.1, 0.15) is 33.3 Å². The van der Waals surface area contributed by atoms with Gasteiger partial charge < -0.3 is 14.8 Å². The van der Waals surface area contributed by atoms with Crippen molar-refractivity contribution in [3.8, 4) is 0 Å². The maximum absolute atomic E-state index is 12.6. The van der Waals surface area contributed by atoms with Gasteiger partial charge in [-0.25, -0.2) is 0 Å². The van der Waals surface area contributed by atoms with Crippen molar-refractivity contribution in [1.82, 2.24) is 4.98 Å². The monoisotopic (exact) mass is 291 g/mol. The number of aromatic nitrogens is 1. The maximum Gasteiger partial charge on any atom is 0.493 e. The second kappa shape index (κ2) is 5.35. The molecular weight excluding hydrogens is 274 g/mol. The van der Waals surface area contributed by atoms with E-state index < -0.39 is 30.1 Å². The number of rotatable bonds is 4. The Morgan fingerprint density at radius 3 is 2.15 bits per heavy atom. The molecule has 1 aromatic rings. The number of pyridine rings is 1. The van der Waals surface area contributed by atoms with Crippen molar-refractivity contribution in [3.05, 3.63) is 24.0 Å². The molecule has 0 saturated carbocycles. The average molecular weight is 291 g/mol. The second-order valence-electron chi connectivity index (χ2n) is 5.54. The highest BCUT2D eigenvalue weighted by molar-refractivity contribution is 6.60. The lowest BCUT2D eigenvalue weighted by atomic mass is 9.77. The lowest BCUT2D eigenvalue weighted by molar-refractivity contribution is -0.137. The van der Waals surface area contributed by atoms with E-state index in [0.29, 0.717) is 6.20 Å². The summed E-state index contributed by atoms with van der Waals surface area (Å²) in [5, 5.41) is 19.8. The normalized spacial score (nSPS) is 13.4. The molecule has 0 bridgehead atoms. The quantitative estimate of drug-likeness (QED) is 0.822. The first-order valence-corrected chi connectivity index (χ1v) is 5.95. The summed E-state index contributed by atoms with van der Waals surface area (Å²) in [5.74, 6) is 0. The zero-order valence-corrected chi connectivity index (χ0v) is 11.7. The predicted molar refractivity (Wildman–Crippen MR) is 68.3 cm³/mol. The molecule has 0 aliphatic carbocycles. The maximum atomic E-state index is 12.6. The van der Waals surface area contributed by atoms with Crippen LogP contribution in [0.3, 0.4) is 0 Å². The summed E-state index contributed by atoms with van der Waals surface area (Å²) in [4.78, 5) is 3.44. The van der Waals surface area contributed by atoms with E-state index in [9.17, 15) is 23.3 Å². The van der Waals surface area contributed by atoms with E-state index >= 15 is 0 Å². The molecule has 0 atom stereocenters. The van der Waals surface area contributed by atoms with E-state index in [-0.39, 0.29) is 5.46 Å². The van der Waals surface area contributed by atoms with Crippen LogP contribution >= 0.6 is 0 Å². The molecular formula is C12H17BF3NO3. The van der Waals surface area contributed by atoms with Crippen molar-refractivity contribution in [2.24, 2.45) is 0 Å². The van der Waals surface area contributed by atoms with E-state index in [4.69, 9.17) is 4.65 Å². The molecule has 1 heterocycles. The Kier molecular flexibility index (Phi) is 4.53. The van der Waals surface area contributed by atoms with Crippen LogP contribution in [0.4, 0.5) is 13.2 Å². The number of hydrogen-bond donors (Lipinski definition) is 2. The largest absolute Gasteiger partial charge is 0.493 e. The van der Waals surface area contributed by atoms with Gasteiger partial charge in [0.15, 0.2) is 0 Å². The summed E-state index contributed by atoms with van der Waals surface area (Å²) in [6, 6.07) is 0.762. The van der Waals surface area contributed by atoms with Gasteiger partial charge >= 0.3 is 13.3 Å². The Bertz CT molecular complexity index is 472. The van der Waals surface area contributed by atoms with Crippen LogP contribution in [0.5, 0.6) is 0 Å². The highest BCUT2D eigenvalue weighted by Crippen LogP contribution is 2.28. The zero-order chi connectivity index (χ0) is 15.8. The molecule has 0 aromatic carbocycles. The zero-order valence-electron chi connectivity index (χ0n) is 11.7. The third-order valence-corrected chi connectivity index (χ3v) is 3.25. The lowest BCUT2D eigenvalue weighted by Crippen LogP contribution is -2.53. The van der Waals surface area contributed by atoms with Crippen LogP contribution in [0.15, 0.2) is 18.5 Å². The molecule has 4 nitrogen and oxygen atoms in total. The minimum absolute atomic E-state index is 0.128. The second-order valence-corrected chi connectivity index (χ2v) is 5.54. The topological polar surface area (TPSA) is 62.6 Å². The molecule has 0 spiro atoms. The Balaban J connectivity index is 2.97. The highest BCUT2D eigenvalue weighted by atomic mass is 19.4. The highest BCUT2D eigenvalue weighted by Gasteiger charge is 2.40. The van der Waals surface area contributed by atoms with Crippen LogP contribution in [-0.2, 0) is 10.8 Å². The van der Waals surface area contributed by atoms with Crippen molar-refractivity contribution >= 4 is 12.6 Å². The summed E-state index contributed by atoms with van der Waals surface area (Å²) in [6.07, 6.45) is -2.80. The van der Waals surface area contributed by atoms with E-state index in [1.54, 1.807) is 0 Å². The van der Waals surface area contributed by atoms with E-state index in [2.05, 4.69) is 4.98 Å². The van der Waals surface area contributed by atoms with Crippen molar-refractivity contribution in [2.45, 2.75) is 45.1 Å². The third-order valence-electron chi connectivity index (χ3n) is 3.25. The number of halogens is 3. The molecule has 8 heteroatoms. The van der Waals surface area contributed by atoms with Crippen LogP contribution < -0.4 is 5.46 Å². The standard InChI is InChI=1S/C12H17BF3NO3/c1-10(2,18)11(3,4)20-13(19)9-5-8(6-17-7-9)12(14,15)16/h5-7,18-19H,1-4H3. The molecule has 0 aliphatic heterocycles. The van der Waals surface area contributed by atoms with Crippen molar-refractivity contribution in [1.29, 1.82) is 0 Å². The van der Waals surface area contributed by atoms with Gasteiger partial charge in [0.1, 0.15) is 0 Å². The Labute approximate surface area is 115 Å². The van der Waals surface area contributed by atoms with Gasteiger partial charge in [0.2, 0.25) is 0 Å². The van der Waals surface area contributed by atoms with Gasteiger partial charge in [-0.3, -0.25) is 4.98 Å². The van der Waals surface area contributed by atoms with Gasteiger partial charge in [-0.2, -0.15) is 13.2 Å². The fourth-order valence-electron chi connectivity index (χ4n) is 1.24. The molecule has 112 valence electrons. The molecule has 0 amide bonds. The van der Waals surface area contributed by atoms with E-state index in [1.165, 1.54) is 27.7 Å². The van der Waals surface area contributed by atoms with E-state index in [0.717, 1.165) is 12.3 Å². The minimum Gasteiger partial charge on any atom is -0.423 e. The van der Waals surface area contributed by atoms with Crippen molar-refractivity contribution in [2.75, 3.05) is 0 Å². The first-order valence-electron chi connectivity index (χ1n) is 5.95. The molecule has 1 aromatic heterocycles. The molecule has 1 rings (SSSR count). The van der Waals surface area contributed by atoms with Gasteiger partial charge in [0.05, 0.1) is 16.8 Å². The van der Waals surface area contributed by atoms with Gasteiger partial charge in [-0.1, -0.05) is 0 Å². The van der Waals surface area contributed by atoms with Gasteiger partial charge in [-0.15, -0.1) is 0 Å². The number of aliphatic hydroxyl groups is 1. The third kappa shape index (κ3) is 3.94. The lowest BCUT2D eigenvalue weighted by Gasteiger charge is -2.38. The average Bonchev–Trinajstić information content (AvgIpc) is 2.26. The SMILES string of the molecule is CC(C)(O)C(C)(C)OB(O)c1cncc(C(F)(F)F)c1. The van der Waals surface area contributed by atoms with E-state index in [1.807, 2.05) is 0 Å². The molecule has 0 saturated heterocycles. The summed E-state index contributed by atoms with van der Waals surface area (Å²) in [5.41, 5.74) is -3.56. The van der Waals surface area contributed by atoms with Crippen LogP contribution in [-0.4, -0.2) is 33.4 Å². The first-order chi connectivity index (χ1) is 8.84. The number of alkyl halides is 3. The number of nitrogens with zero attached hydrogens (tertiary/aromatic N) is 1. The predicted octanol–water partition coefficient (Wildman–Crippen LogP) is 1.35. The number of hydrogen-bond acceptors (Lipinski definition) is 4. The fourth-order valence-corrected chi connectivity index (χ4v) is 1.24.